The summed E-state index contributed by atoms with van der Waals surface area (Å²) in [6.45, 7) is 2.56. The van der Waals surface area contributed by atoms with Gasteiger partial charge in [0.2, 0.25) is 5.91 Å². The van der Waals surface area contributed by atoms with Gasteiger partial charge in [0.05, 0.1) is 6.10 Å². The van der Waals surface area contributed by atoms with E-state index >= 15 is 0 Å². The summed E-state index contributed by atoms with van der Waals surface area (Å²) in [5.41, 5.74) is 0. The predicted molar refractivity (Wildman–Crippen MR) is 78.3 cm³/mol. The topological polar surface area (TPSA) is 58.6 Å². The summed E-state index contributed by atoms with van der Waals surface area (Å²) in [5, 5.41) is 12.4. The highest BCUT2D eigenvalue weighted by Gasteiger charge is 2.27. The lowest BCUT2D eigenvalue weighted by atomic mass is 9.85. The first-order valence-electron chi connectivity index (χ1n) is 8.22. The van der Waals surface area contributed by atoms with Gasteiger partial charge in [-0.15, -0.1) is 0 Å². The predicted octanol–water partition coefficient (Wildman–Crippen LogP) is 2.25. The van der Waals surface area contributed by atoms with E-state index in [0.717, 1.165) is 32.1 Å². The van der Waals surface area contributed by atoms with Crippen molar-refractivity contribution in [2.24, 2.45) is 11.8 Å². The average Bonchev–Trinajstić information content (AvgIpc) is 2.47. The van der Waals surface area contributed by atoms with Crippen LogP contribution in [0.5, 0.6) is 0 Å². The van der Waals surface area contributed by atoms with Crippen LogP contribution in [0.4, 0.5) is 0 Å². The lowest BCUT2D eigenvalue weighted by Crippen LogP contribution is -2.45. The number of carbonyl (C=O) groups is 1. The minimum atomic E-state index is -0.0203. The molecule has 0 aromatic rings. The smallest absolute Gasteiger partial charge is 0.246 e. The number of rotatable bonds is 5. The maximum Gasteiger partial charge on any atom is 0.246 e. The van der Waals surface area contributed by atoms with Crippen LogP contribution in [0.3, 0.4) is 0 Å². The Balaban J connectivity index is 1.71. The normalized spacial score (nSPS) is 34.7. The highest BCUT2D eigenvalue weighted by Crippen LogP contribution is 2.26. The minimum Gasteiger partial charge on any atom is -0.396 e. The molecule has 0 heterocycles. The molecule has 0 aromatic heterocycles. The summed E-state index contributed by atoms with van der Waals surface area (Å²) in [6.07, 6.45) is 9.33. The Morgan fingerprint density at radius 1 is 1.15 bits per heavy atom. The molecule has 2 aliphatic carbocycles. The van der Waals surface area contributed by atoms with E-state index in [9.17, 15) is 9.90 Å². The molecule has 0 aromatic carbocycles. The van der Waals surface area contributed by atoms with Crippen molar-refractivity contribution < 1.29 is 14.6 Å². The third-order valence-electron chi connectivity index (χ3n) is 4.95. The molecule has 2 aliphatic rings. The molecule has 0 radical (unpaired) electrons. The van der Waals surface area contributed by atoms with E-state index in [1.165, 1.54) is 19.3 Å². The zero-order valence-electron chi connectivity index (χ0n) is 12.6. The van der Waals surface area contributed by atoms with Crippen molar-refractivity contribution in [3.63, 3.8) is 0 Å². The van der Waals surface area contributed by atoms with Crippen molar-refractivity contribution in [2.45, 2.75) is 70.4 Å². The SMILES string of the molecule is CC1CCCCC1OCC(=O)NC1CCCCC1CO. The van der Waals surface area contributed by atoms with Gasteiger partial charge >= 0.3 is 0 Å². The van der Waals surface area contributed by atoms with Gasteiger partial charge in [0.25, 0.3) is 0 Å². The molecule has 4 unspecified atom stereocenters. The summed E-state index contributed by atoms with van der Waals surface area (Å²) in [4.78, 5) is 12.0. The van der Waals surface area contributed by atoms with Crippen LogP contribution in [0.25, 0.3) is 0 Å². The van der Waals surface area contributed by atoms with Gasteiger partial charge in [-0.3, -0.25) is 4.79 Å². The van der Waals surface area contributed by atoms with Crippen LogP contribution in [-0.4, -0.2) is 36.4 Å². The molecule has 0 spiro atoms. The molecule has 2 rings (SSSR count). The Labute approximate surface area is 122 Å². The molecule has 0 saturated heterocycles. The van der Waals surface area contributed by atoms with Crippen LogP contribution >= 0.6 is 0 Å². The van der Waals surface area contributed by atoms with Crippen LogP contribution in [-0.2, 0) is 9.53 Å². The lowest BCUT2D eigenvalue weighted by molar-refractivity contribution is -0.131. The van der Waals surface area contributed by atoms with E-state index in [1.54, 1.807) is 0 Å². The summed E-state index contributed by atoms with van der Waals surface area (Å²) in [7, 11) is 0. The number of carbonyl (C=O) groups excluding carboxylic acids is 1. The second-order valence-corrected chi connectivity index (χ2v) is 6.51. The fraction of sp³-hybridized carbons (Fsp3) is 0.938. The first-order chi connectivity index (χ1) is 9.70. The molecule has 4 atom stereocenters. The summed E-state index contributed by atoms with van der Waals surface area (Å²) < 4.78 is 5.79. The second kappa shape index (κ2) is 7.99. The van der Waals surface area contributed by atoms with E-state index in [4.69, 9.17) is 4.74 Å². The molecule has 0 bridgehead atoms. The minimum absolute atomic E-state index is 0.0203. The van der Waals surface area contributed by atoms with E-state index in [-0.39, 0.29) is 37.2 Å². The summed E-state index contributed by atoms with van der Waals surface area (Å²) in [5.74, 6) is 0.769. The molecule has 0 aliphatic heterocycles. The zero-order chi connectivity index (χ0) is 14.4. The molecule has 2 fully saturated rings. The number of nitrogens with one attached hydrogen (secondary N) is 1. The van der Waals surface area contributed by atoms with Gasteiger partial charge in [-0.25, -0.2) is 0 Å². The average molecular weight is 283 g/mol. The quantitative estimate of drug-likeness (QED) is 0.813. The standard InChI is InChI=1S/C16H29NO3/c1-12-6-2-5-9-15(12)20-11-16(19)17-14-8-4-3-7-13(14)10-18/h12-15,18H,2-11H2,1H3,(H,17,19). The van der Waals surface area contributed by atoms with Gasteiger partial charge in [-0.2, -0.15) is 0 Å². The summed E-state index contributed by atoms with van der Waals surface area (Å²) >= 11 is 0. The van der Waals surface area contributed by atoms with E-state index in [0.29, 0.717) is 5.92 Å². The Morgan fingerprint density at radius 2 is 1.85 bits per heavy atom. The third kappa shape index (κ3) is 4.45. The number of hydrogen-bond donors (Lipinski definition) is 2. The highest BCUT2D eigenvalue weighted by atomic mass is 16.5. The molecule has 2 N–H and O–H groups in total. The van der Waals surface area contributed by atoms with Crippen LogP contribution in [0.1, 0.15) is 58.3 Å². The Bertz CT molecular complexity index is 308. The molecular formula is C16H29NO3. The summed E-state index contributed by atoms with van der Waals surface area (Å²) in [6, 6.07) is 0.133. The number of aliphatic hydroxyl groups excluding tert-OH is 1. The van der Waals surface area contributed by atoms with Gasteiger partial charge < -0.3 is 15.2 Å². The fourth-order valence-electron chi connectivity index (χ4n) is 3.58. The number of aliphatic hydroxyl groups is 1. The number of amides is 1. The fourth-order valence-corrected chi connectivity index (χ4v) is 3.58. The molecular weight excluding hydrogens is 254 g/mol. The van der Waals surface area contributed by atoms with E-state index < -0.39 is 0 Å². The third-order valence-corrected chi connectivity index (χ3v) is 4.95. The second-order valence-electron chi connectivity index (χ2n) is 6.51. The number of hydrogen-bond acceptors (Lipinski definition) is 3. The van der Waals surface area contributed by atoms with Crippen LogP contribution in [0, 0.1) is 11.8 Å². The van der Waals surface area contributed by atoms with Gasteiger partial charge in [-0.1, -0.05) is 32.6 Å². The largest absolute Gasteiger partial charge is 0.396 e. The van der Waals surface area contributed by atoms with Crippen molar-refractivity contribution >= 4 is 5.91 Å². The highest BCUT2D eigenvalue weighted by molar-refractivity contribution is 5.77. The van der Waals surface area contributed by atoms with Crippen LogP contribution in [0.15, 0.2) is 0 Å². The lowest BCUT2D eigenvalue weighted by Gasteiger charge is -2.32. The van der Waals surface area contributed by atoms with E-state index in [1.807, 2.05) is 0 Å². The Morgan fingerprint density at radius 3 is 2.60 bits per heavy atom. The van der Waals surface area contributed by atoms with Gasteiger partial charge in [0.1, 0.15) is 6.61 Å². The maximum absolute atomic E-state index is 12.0. The van der Waals surface area contributed by atoms with Gasteiger partial charge in [-0.05, 0) is 31.6 Å². The monoisotopic (exact) mass is 283 g/mol. The van der Waals surface area contributed by atoms with Crippen LogP contribution < -0.4 is 5.32 Å². The Kier molecular flexibility index (Phi) is 6.30. The van der Waals surface area contributed by atoms with Crippen molar-refractivity contribution in [1.29, 1.82) is 0 Å². The molecule has 20 heavy (non-hydrogen) atoms. The van der Waals surface area contributed by atoms with Crippen molar-refractivity contribution in [3.05, 3.63) is 0 Å². The first-order valence-corrected chi connectivity index (χ1v) is 8.22. The van der Waals surface area contributed by atoms with Crippen molar-refractivity contribution in [1.82, 2.24) is 5.32 Å². The van der Waals surface area contributed by atoms with Crippen molar-refractivity contribution in [3.8, 4) is 0 Å². The number of ether oxygens (including phenoxy) is 1. The molecule has 116 valence electrons. The maximum atomic E-state index is 12.0. The zero-order valence-corrected chi connectivity index (χ0v) is 12.6. The Hall–Kier alpha value is -0.610. The van der Waals surface area contributed by atoms with Gasteiger partial charge in [0.15, 0.2) is 0 Å². The van der Waals surface area contributed by atoms with Gasteiger partial charge in [0, 0.05) is 18.6 Å². The molecule has 2 saturated carbocycles. The van der Waals surface area contributed by atoms with Crippen molar-refractivity contribution in [2.75, 3.05) is 13.2 Å². The molecule has 4 nitrogen and oxygen atoms in total. The molecule has 1 amide bonds. The van der Waals surface area contributed by atoms with E-state index in [2.05, 4.69) is 12.2 Å². The molecule has 4 heteroatoms. The first kappa shape index (κ1) is 15.8. The van der Waals surface area contributed by atoms with Crippen LogP contribution in [0.2, 0.25) is 0 Å².